The molecule has 2 rings (SSSR count). The zero-order valence-electron chi connectivity index (χ0n) is 11.9. The number of nitrogens with zero attached hydrogens (tertiary/aromatic N) is 1. The first-order valence-corrected chi connectivity index (χ1v) is 8.19. The number of amides is 1. The fourth-order valence-corrected chi connectivity index (χ4v) is 3.52. The second-order valence-electron chi connectivity index (χ2n) is 4.98. The van der Waals surface area contributed by atoms with Crippen molar-refractivity contribution in [2.24, 2.45) is 5.92 Å². The summed E-state index contributed by atoms with van der Waals surface area (Å²) in [5.74, 6) is -1.60. The zero-order valence-corrected chi connectivity index (χ0v) is 13.5. The Hall–Kier alpha value is -1.73. The number of aryl methyl sites for hydroxylation is 1. The monoisotopic (exact) mass is 324 g/mol. The number of rotatable bonds is 5. The van der Waals surface area contributed by atoms with Crippen LogP contribution in [0.25, 0.3) is 10.6 Å². The number of thiazole rings is 1. The van der Waals surface area contributed by atoms with Crippen molar-refractivity contribution in [1.82, 2.24) is 10.3 Å². The summed E-state index contributed by atoms with van der Waals surface area (Å²) in [6.07, 6.45) is 0. The summed E-state index contributed by atoms with van der Waals surface area (Å²) in [6, 6.07) is 1.04. The van der Waals surface area contributed by atoms with Crippen LogP contribution in [0.15, 0.2) is 16.8 Å². The van der Waals surface area contributed by atoms with E-state index in [4.69, 9.17) is 5.11 Å². The van der Waals surface area contributed by atoms with Crippen LogP contribution in [0.2, 0.25) is 0 Å². The van der Waals surface area contributed by atoms with Crippen LogP contribution >= 0.6 is 22.7 Å². The number of nitrogens with one attached hydrogen (secondary N) is 1. The van der Waals surface area contributed by atoms with Gasteiger partial charge in [-0.3, -0.25) is 4.79 Å². The molecule has 0 saturated heterocycles. The Kier molecular flexibility index (Phi) is 4.74. The Morgan fingerprint density at radius 3 is 2.62 bits per heavy atom. The molecule has 0 aliphatic carbocycles. The van der Waals surface area contributed by atoms with Crippen LogP contribution in [0.3, 0.4) is 0 Å². The van der Waals surface area contributed by atoms with Crippen molar-refractivity contribution in [2.75, 3.05) is 0 Å². The minimum absolute atomic E-state index is 0.184. The van der Waals surface area contributed by atoms with Gasteiger partial charge in [0.25, 0.3) is 5.91 Å². The number of carboxylic acid groups (broad SMARTS) is 1. The highest BCUT2D eigenvalue weighted by Gasteiger charge is 2.26. The molecule has 0 radical (unpaired) electrons. The van der Waals surface area contributed by atoms with E-state index in [1.165, 1.54) is 11.3 Å². The first kappa shape index (κ1) is 15.7. The largest absolute Gasteiger partial charge is 0.480 e. The number of carbonyl (C=O) groups is 2. The standard InChI is InChI=1S/C14H16N2O3S2/c1-7(2)10(14(18)19)16-12(17)11-8(3)15-13(21-11)9-4-5-20-6-9/h4-7,10H,1-3H3,(H,16,17)(H,18,19)/t10-/m1/s1. The van der Waals surface area contributed by atoms with E-state index in [0.29, 0.717) is 10.6 Å². The van der Waals surface area contributed by atoms with Crippen LogP contribution < -0.4 is 5.32 Å². The molecule has 2 aromatic rings. The molecule has 0 fully saturated rings. The lowest BCUT2D eigenvalue weighted by molar-refractivity contribution is -0.140. The van der Waals surface area contributed by atoms with E-state index >= 15 is 0 Å². The third-order valence-corrected chi connectivity index (χ3v) is 4.88. The fourth-order valence-electron chi connectivity index (χ4n) is 1.84. The molecule has 1 atom stereocenters. The average molecular weight is 324 g/mol. The molecular weight excluding hydrogens is 308 g/mol. The van der Waals surface area contributed by atoms with Crippen molar-refractivity contribution in [3.63, 3.8) is 0 Å². The van der Waals surface area contributed by atoms with Crippen molar-refractivity contribution in [3.05, 3.63) is 27.4 Å². The molecule has 21 heavy (non-hydrogen) atoms. The number of carboxylic acids is 1. The molecule has 0 unspecified atom stereocenters. The summed E-state index contributed by atoms with van der Waals surface area (Å²) >= 11 is 2.85. The predicted molar refractivity (Wildman–Crippen MR) is 83.9 cm³/mol. The Balaban J connectivity index is 2.22. The summed E-state index contributed by atoms with van der Waals surface area (Å²) in [7, 11) is 0. The van der Waals surface area contributed by atoms with Gasteiger partial charge < -0.3 is 10.4 Å². The first-order chi connectivity index (χ1) is 9.90. The predicted octanol–water partition coefficient (Wildman–Crippen LogP) is 3.02. The van der Waals surface area contributed by atoms with Gasteiger partial charge in [0.05, 0.1) is 5.69 Å². The summed E-state index contributed by atoms with van der Waals surface area (Å²) in [4.78, 5) is 28.3. The van der Waals surface area contributed by atoms with E-state index in [2.05, 4.69) is 10.3 Å². The van der Waals surface area contributed by atoms with E-state index in [0.717, 1.165) is 10.6 Å². The molecule has 2 heterocycles. The van der Waals surface area contributed by atoms with Crippen LogP contribution in [-0.4, -0.2) is 28.0 Å². The smallest absolute Gasteiger partial charge is 0.326 e. The lowest BCUT2D eigenvalue weighted by Gasteiger charge is -2.17. The van der Waals surface area contributed by atoms with Gasteiger partial charge in [-0.1, -0.05) is 13.8 Å². The Morgan fingerprint density at radius 2 is 2.10 bits per heavy atom. The van der Waals surface area contributed by atoms with Gasteiger partial charge in [-0.15, -0.1) is 11.3 Å². The van der Waals surface area contributed by atoms with E-state index < -0.39 is 12.0 Å². The van der Waals surface area contributed by atoms with Crippen LogP contribution in [0.1, 0.15) is 29.2 Å². The van der Waals surface area contributed by atoms with Gasteiger partial charge in [0.15, 0.2) is 0 Å². The van der Waals surface area contributed by atoms with E-state index in [9.17, 15) is 9.59 Å². The summed E-state index contributed by atoms with van der Waals surface area (Å²) in [6.45, 7) is 5.27. The molecule has 0 aromatic carbocycles. The maximum atomic E-state index is 12.3. The Bertz CT molecular complexity index is 647. The molecule has 2 aromatic heterocycles. The van der Waals surface area contributed by atoms with Crippen LogP contribution in [0.5, 0.6) is 0 Å². The molecule has 0 bridgehead atoms. The lowest BCUT2D eigenvalue weighted by atomic mass is 10.0. The third kappa shape index (κ3) is 3.48. The minimum atomic E-state index is -1.03. The van der Waals surface area contributed by atoms with Gasteiger partial charge in [0, 0.05) is 10.9 Å². The number of thiophene rings is 1. The maximum absolute atomic E-state index is 12.3. The molecule has 0 aliphatic heterocycles. The number of hydrogen-bond acceptors (Lipinski definition) is 5. The zero-order chi connectivity index (χ0) is 15.6. The van der Waals surface area contributed by atoms with Gasteiger partial charge in [0.1, 0.15) is 15.9 Å². The van der Waals surface area contributed by atoms with Gasteiger partial charge in [-0.05, 0) is 24.3 Å². The first-order valence-electron chi connectivity index (χ1n) is 6.43. The van der Waals surface area contributed by atoms with E-state index in [1.54, 1.807) is 32.1 Å². The van der Waals surface area contributed by atoms with Crippen molar-refractivity contribution in [3.8, 4) is 10.6 Å². The molecule has 0 saturated carbocycles. The number of hydrogen-bond donors (Lipinski definition) is 2. The molecule has 0 aliphatic rings. The molecule has 1 amide bonds. The molecule has 2 N–H and O–H groups in total. The molecule has 112 valence electrons. The van der Waals surface area contributed by atoms with Crippen LogP contribution in [-0.2, 0) is 4.79 Å². The van der Waals surface area contributed by atoms with E-state index in [1.807, 2.05) is 16.8 Å². The molecule has 0 spiro atoms. The SMILES string of the molecule is Cc1nc(-c2ccsc2)sc1C(=O)N[C@@H](C(=O)O)C(C)C. The third-order valence-electron chi connectivity index (χ3n) is 2.99. The summed E-state index contributed by atoms with van der Waals surface area (Å²) < 4.78 is 0. The highest BCUT2D eigenvalue weighted by Crippen LogP contribution is 2.29. The van der Waals surface area contributed by atoms with Gasteiger partial charge in [-0.25, -0.2) is 9.78 Å². The normalized spacial score (nSPS) is 12.4. The molecular formula is C14H16N2O3S2. The Morgan fingerprint density at radius 1 is 1.38 bits per heavy atom. The van der Waals surface area contributed by atoms with Crippen molar-refractivity contribution in [1.29, 1.82) is 0 Å². The second kappa shape index (κ2) is 6.36. The fraction of sp³-hybridized carbons (Fsp3) is 0.357. The van der Waals surface area contributed by atoms with Gasteiger partial charge >= 0.3 is 5.97 Å². The average Bonchev–Trinajstić information content (AvgIpc) is 3.03. The maximum Gasteiger partial charge on any atom is 0.326 e. The van der Waals surface area contributed by atoms with Crippen LogP contribution in [0, 0.1) is 12.8 Å². The summed E-state index contributed by atoms with van der Waals surface area (Å²) in [5.41, 5.74) is 1.59. The topological polar surface area (TPSA) is 79.3 Å². The summed E-state index contributed by atoms with van der Waals surface area (Å²) in [5, 5.41) is 16.4. The highest BCUT2D eigenvalue weighted by atomic mass is 32.1. The Labute approximate surface area is 130 Å². The van der Waals surface area contributed by atoms with E-state index in [-0.39, 0.29) is 11.8 Å². The molecule has 5 nitrogen and oxygen atoms in total. The molecule has 7 heteroatoms. The number of aromatic nitrogens is 1. The van der Waals surface area contributed by atoms with Crippen LogP contribution in [0.4, 0.5) is 0 Å². The second-order valence-corrected chi connectivity index (χ2v) is 6.76. The highest BCUT2D eigenvalue weighted by molar-refractivity contribution is 7.17. The van der Waals surface area contributed by atoms with Gasteiger partial charge in [0.2, 0.25) is 0 Å². The minimum Gasteiger partial charge on any atom is -0.480 e. The quantitative estimate of drug-likeness (QED) is 0.886. The van der Waals surface area contributed by atoms with Gasteiger partial charge in [-0.2, -0.15) is 11.3 Å². The van der Waals surface area contributed by atoms with Crippen molar-refractivity contribution in [2.45, 2.75) is 26.8 Å². The number of aliphatic carboxylic acids is 1. The van der Waals surface area contributed by atoms with Crippen molar-refractivity contribution >= 4 is 34.6 Å². The number of carbonyl (C=O) groups excluding carboxylic acids is 1. The van der Waals surface area contributed by atoms with Crippen molar-refractivity contribution < 1.29 is 14.7 Å². The lowest BCUT2D eigenvalue weighted by Crippen LogP contribution is -2.44.